The lowest BCUT2D eigenvalue weighted by atomic mass is 9.97. The van der Waals surface area contributed by atoms with Crippen LogP contribution in [0.15, 0.2) is 0 Å². The molecule has 0 aromatic heterocycles. The summed E-state index contributed by atoms with van der Waals surface area (Å²) in [6.07, 6.45) is 2.60. The Morgan fingerprint density at radius 1 is 1.25 bits per heavy atom. The lowest BCUT2D eigenvalue weighted by Crippen LogP contribution is -2.52. The summed E-state index contributed by atoms with van der Waals surface area (Å²) in [5.74, 6) is 1.61. The Morgan fingerprint density at radius 2 is 1.94 bits per heavy atom. The topological polar surface area (TPSA) is 23.6 Å². The lowest BCUT2D eigenvalue weighted by molar-refractivity contribution is -0.137. The van der Waals surface area contributed by atoms with Gasteiger partial charge < -0.3 is 4.90 Å². The van der Waals surface area contributed by atoms with Gasteiger partial charge in [0.1, 0.15) is 0 Å². The maximum atomic E-state index is 12.0. The summed E-state index contributed by atoms with van der Waals surface area (Å²) in [6, 6.07) is 0.730. The third-order valence-electron chi connectivity index (χ3n) is 4.06. The number of nitrogens with zero attached hydrogens (tertiary/aromatic N) is 2. The third-order valence-corrected chi connectivity index (χ3v) is 4.06. The summed E-state index contributed by atoms with van der Waals surface area (Å²) in [5, 5.41) is 0. The molecule has 1 atom stereocenters. The van der Waals surface area contributed by atoms with Crippen molar-refractivity contribution in [1.29, 1.82) is 0 Å². The molecule has 1 saturated carbocycles. The van der Waals surface area contributed by atoms with E-state index >= 15 is 0 Å². The van der Waals surface area contributed by atoms with Crippen molar-refractivity contribution in [3.63, 3.8) is 0 Å². The van der Waals surface area contributed by atoms with E-state index in [0.29, 0.717) is 24.3 Å². The maximum absolute atomic E-state index is 12.0. The first kappa shape index (κ1) is 11.9. The Morgan fingerprint density at radius 3 is 2.44 bits per heavy atom. The molecule has 0 bridgehead atoms. The molecule has 1 amide bonds. The zero-order chi connectivity index (χ0) is 11.7. The van der Waals surface area contributed by atoms with Gasteiger partial charge in [-0.25, -0.2) is 0 Å². The van der Waals surface area contributed by atoms with Gasteiger partial charge in [0.2, 0.25) is 5.91 Å². The van der Waals surface area contributed by atoms with Gasteiger partial charge in [0.25, 0.3) is 0 Å². The van der Waals surface area contributed by atoms with Crippen LogP contribution in [0.4, 0.5) is 0 Å². The Bertz CT molecular complexity index is 261. The van der Waals surface area contributed by atoms with E-state index in [2.05, 4.69) is 30.6 Å². The zero-order valence-corrected chi connectivity index (χ0v) is 10.8. The van der Waals surface area contributed by atoms with Gasteiger partial charge in [-0.3, -0.25) is 9.69 Å². The molecular weight excluding hydrogens is 200 g/mol. The number of hydrogen-bond acceptors (Lipinski definition) is 2. The predicted octanol–water partition coefficient (Wildman–Crippen LogP) is 1.59. The molecule has 1 aliphatic carbocycles. The molecule has 1 unspecified atom stereocenters. The van der Waals surface area contributed by atoms with Crippen LogP contribution in [-0.4, -0.2) is 47.9 Å². The fraction of sp³-hybridized carbons (Fsp3) is 0.923. The summed E-state index contributed by atoms with van der Waals surface area (Å²) in [4.78, 5) is 16.4. The second-order valence-corrected chi connectivity index (χ2v) is 5.76. The van der Waals surface area contributed by atoms with Gasteiger partial charge in [-0.2, -0.15) is 0 Å². The molecule has 1 saturated heterocycles. The van der Waals surface area contributed by atoms with Crippen LogP contribution in [0, 0.1) is 11.8 Å². The van der Waals surface area contributed by atoms with E-state index in [-0.39, 0.29) is 0 Å². The largest absolute Gasteiger partial charge is 0.340 e. The summed E-state index contributed by atoms with van der Waals surface area (Å²) >= 11 is 0. The van der Waals surface area contributed by atoms with Crippen molar-refractivity contribution in [2.24, 2.45) is 11.8 Å². The minimum atomic E-state index is 0.339. The first-order valence-corrected chi connectivity index (χ1v) is 6.59. The number of piperazine rings is 1. The number of carbonyl (C=O) groups is 1. The van der Waals surface area contributed by atoms with Crippen molar-refractivity contribution < 1.29 is 4.79 Å². The number of rotatable bonds is 4. The Balaban J connectivity index is 1.81. The first-order valence-electron chi connectivity index (χ1n) is 6.59. The van der Waals surface area contributed by atoms with Crippen molar-refractivity contribution in [3.05, 3.63) is 0 Å². The van der Waals surface area contributed by atoms with Gasteiger partial charge in [-0.15, -0.1) is 0 Å². The summed E-state index contributed by atoms with van der Waals surface area (Å²) in [7, 11) is 0. The molecule has 3 heteroatoms. The lowest BCUT2D eigenvalue weighted by Gasteiger charge is -2.36. The quantitative estimate of drug-likeness (QED) is 0.724. The Kier molecular flexibility index (Phi) is 3.53. The smallest absolute Gasteiger partial charge is 0.236 e. The normalized spacial score (nSPS) is 25.2. The number of hydrogen-bond donors (Lipinski definition) is 0. The molecule has 16 heavy (non-hydrogen) atoms. The number of carbonyl (C=O) groups excluding carboxylic acids is 1. The number of amides is 1. The fourth-order valence-corrected chi connectivity index (χ4v) is 2.23. The van der Waals surface area contributed by atoms with E-state index in [9.17, 15) is 4.79 Å². The highest BCUT2D eigenvalue weighted by atomic mass is 16.2. The van der Waals surface area contributed by atoms with Gasteiger partial charge in [-0.1, -0.05) is 20.8 Å². The zero-order valence-electron chi connectivity index (χ0n) is 10.8. The molecule has 2 rings (SSSR count). The van der Waals surface area contributed by atoms with Crippen LogP contribution in [-0.2, 0) is 4.79 Å². The molecule has 2 fully saturated rings. The monoisotopic (exact) mass is 224 g/mol. The highest BCUT2D eigenvalue weighted by molar-refractivity contribution is 5.79. The maximum Gasteiger partial charge on any atom is 0.236 e. The molecular formula is C13H24N2O. The molecule has 0 spiro atoms. The van der Waals surface area contributed by atoms with E-state index in [4.69, 9.17) is 0 Å². The van der Waals surface area contributed by atoms with Crippen molar-refractivity contribution in [3.8, 4) is 0 Å². The minimum Gasteiger partial charge on any atom is -0.340 e. The average Bonchev–Trinajstić information content (AvgIpc) is 3.04. The van der Waals surface area contributed by atoms with Crippen LogP contribution >= 0.6 is 0 Å². The van der Waals surface area contributed by atoms with Gasteiger partial charge in [0, 0.05) is 25.7 Å². The van der Waals surface area contributed by atoms with Crippen LogP contribution in [0.3, 0.4) is 0 Å². The van der Waals surface area contributed by atoms with Crippen molar-refractivity contribution in [1.82, 2.24) is 9.80 Å². The summed E-state index contributed by atoms with van der Waals surface area (Å²) in [5.41, 5.74) is 0. The molecule has 0 aromatic carbocycles. The average molecular weight is 224 g/mol. The fourth-order valence-electron chi connectivity index (χ4n) is 2.23. The van der Waals surface area contributed by atoms with Crippen molar-refractivity contribution >= 4 is 5.91 Å². The van der Waals surface area contributed by atoms with E-state index < -0.39 is 0 Å². The van der Waals surface area contributed by atoms with Crippen LogP contribution in [0.1, 0.15) is 33.6 Å². The van der Waals surface area contributed by atoms with Crippen LogP contribution < -0.4 is 0 Å². The third kappa shape index (κ3) is 2.76. The SMILES string of the molecule is CC(C)C(C)CN1CCN(C2CC2)CC1=O. The molecule has 1 aliphatic heterocycles. The van der Waals surface area contributed by atoms with Gasteiger partial charge in [-0.05, 0) is 24.7 Å². The molecule has 92 valence electrons. The molecule has 3 nitrogen and oxygen atoms in total. The second-order valence-electron chi connectivity index (χ2n) is 5.76. The minimum absolute atomic E-state index is 0.339. The van der Waals surface area contributed by atoms with Gasteiger partial charge in [0.05, 0.1) is 6.54 Å². The van der Waals surface area contributed by atoms with E-state index in [1.807, 2.05) is 0 Å². The van der Waals surface area contributed by atoms with Gasteiger partial charge in [0.15, 0.2) is 0 Å². The molecule has 0 N–H and O–H groups in total. The molecule has 0 aromatic rings. The first-order chi connectivity index (χ1) is 7.58. The summed E-state index contributed by atoms with van der Waals surface area (Å²) in [6.45, 7) is 10.3. The van der Waals surface area contributed by atoms with E-state index in [0.717, 1.165) is 25.7 Å². The highest BCUT2D eigenvalue weighted by Crippen LogP contribution is 2.28. The molecule has 2 aliphatic rings. The van der Waals surface area contributed by atoms with Gasteiger partial charge >= 0.3 is 0 Å². The standard InChI is InChI=1S/C13H24N2O/c1-10(2)11(3)8-15-7-6-14(9-13(15)16)12-4-5-12/h10-12H,4-9H2,1-3H3. The van der Waals surface area contributed by atoms with Crippen LogP contribution in [0.5, 0.6) is 0 Å². The van der Waals surface area contributed by atoms with E-state index in [1.54, 1.807) is 0 Å². The van der Waals surface area contributed by atoms with Crippen LogP contribution in [0.25, 0.3) is 0 Å². The van der Waals surface area contributed by atoms with E-state index in [1.165, 1.54) is 12.8 Å². The second kappa shape index (κ2) is 4.74. The Labute approximate surface area is 98.8 Å². The summed E-state index contributed by atoms with van der Waals surface area (Å²) < 4.78 is 0. The van der Waals surface area contributed by atoms with Crippen molar-refractivity contribution in [2.75, 3.05) is 26.2 Å². The van der Waals surface area contributed by atoms with Crippen molar-refractivity contribution in [2.45, 2.75) is 39.7 Å². The molecule has 1 heterocycles. The Hall–Kier alpha value is -0.570. The predicted molar refractivity (Wildman–Crippen MR) is 65.2 cm³/mol. The highest BCUT2D eigenvalue weighted by Gasteiger charge is 2.34. The van der Waals surface area contributed by atoms with Crippen LogP contribution in [0.2, 0.25) is 0 Å². The molecule has 0 radical (unpaired) electrons.